The van der Waals surface area contributed by atoms with Gasteiger partial charge in [-0.25, -0.2) is 9.19 Å². The van der Waals surface area contributed by atoms with Crippen molar-refractivity contribution in [3.8, 4) is 0 Å². The summed E-state index contributed by atoms with van der Waals surface area (Å²) < 4.78 is 16.4. The monoisotopic (exact) mass is 536 g/mol. The van der Waals surface area contributed by atoms with Crippen LogP contribution in [-0.2, 0) is 9.73 Å². The molecule has 1 amide bonds. The van der Waals surface area contributed by atoms with Crippen LogP contribution in [-0.4, -0.2) is 77.3 Å². The number of hydrogen-bond acceptors (Lipinski definition) is 9. The summed E-state index contributed by atoms with van der Waals surface area (Å²) in [6.45, 7) is 8.05. The highest BCUT2D eigenvalue weighted by molar-refractivity contribution is 7.92. The molecule has 1 aromatic heterocycles. The van der Waals surface area contributed by atoms with Crippen molar-refractivity contribution in [2.24, 2.45) is 4.36 Å². The fraction of sp³-hybridized carbons (Fsp3) is 0.296. The first-order valence-corrected chi connectivity index (χ1v) is 14.6. The van der Waals surface area contributed by atoms with Gasteiger partial charge < -0.3 is 25.8 Å². The Bertz CT molecular complexity index is 1410. The number of aromatic nitrogens is 2. The average molecular weight is 537 g/mol. The zero-order valence-electron chi connectivity index (χ0n) is 22.0. The van der Waals surface area contributed by atoms with Crippen LogP contribution in [0.1, 0.15) is 11.8 Å². The molecule has 1 aliphatic heterocycles. The minimum atomic E-state index is -2.32. The minimum Gasteiger partial charge on any atom is -0.369 e. The molecule has 4 rings (SSSR count). The van der Waals surface area contributed by atoms with Gasteiger partial charge >= 0.3 is 0 Å². The second kappa shape index (κ2) is 12.1. The Kier molecular flexibility index (Phi) is 8.59. The first-order valence-electron chi connectivity index (χ1n) is 12.3. The number of amides is 1. The van der Waals surface area contributed by atoms with Crippen molar-refractivity contribution in [1.29, 1.82) is 0 Å². The largest absolute Gasteiger partial charge is 0.369 e. The maximum atomic E-state index is 12.8. The Morgan fingerprint density at radius 2 is 1.84 bits per heavy atom. The number of anilines is 5. The summed E-state index contributed by atoms with van der Waals surface area (Å²) in [5, 5.41) is 9.19. The van der Waals surface area contributed by atoms with E-state index in [4.69, 9.17) is 0 Å². The van der Waals surface area contributed by atoms with Gasteiger partial charge in [0.05, 0.1) is 5.69 Å². The fourth-order valence-corrected chi connectivity index (χ4v) is 4.57. The van der Waals surface area contributed by atoms with E-state index in [2.05, 4.69) is 65.8 Å². The van der Waals surface area contributed by atoms with E-state index in [-0.39, 0.29) is 12.9 Å². The van der Waals surface area contributed by atoms with Gasteiger partial charge in [0.1, 0.15) is 11.4 Å². The predicted octanol–water partition coefficient (Wildman–Crippen LogP) is 4.24. The third-order valence-electron chi connectivity index (χ3n) is 5.87. The summed E-state index contributed by atoms with van der Waals surface area (Å²) in [5.74, 6) is 0.330. The standard InChI is InChI=1S/C27H34N8O2S.H2/c1-5-13-28-26(36)24-19-29-27(31-20-9-11-23(12-10-20)35-16-14-34(2)15-17-35)32-25(24)30-21-7-6-8-22(18-21)33-38(3,4)37;/h5-12,18-19H,1,13-17H2,2-4H3,(H,28,36)(H2,29,30,31,32);1H. The average Bonchev–Trinajstić information content (AvgIpc) is 2.88. The molecule has 3 aromatic rings. The lowest BCUT2D eigenvalue weighted by molar-refractivity contribution is 0.0958. The van der Waals surface area contributed by atoms with Crippen molar-refractivity contribution in [1.82, 2.24) is 20.2 Å². The Labute approximate surface area is 225 Å². The number of nitrogens with one attached hydrogen (secondary N) is 3. The van der Waals surface area contributed by atoms with Crippen LogP contribution >= 0.6 is 0 Å². The van der Waals surface area contributed by atoms with E-state index in [1.54, 1.807) is 36.8 Å². The van der Waals surface area contributed by atoms with Crippen molar-refractivity contribution >= 4 is 50.2 Å². The number of likely N-dealkylation sites (N-methyl/N-ethyl adjacent to an activating group) is 1. The second-order valence-electron chi connectivity index (χ2n) is 9.36. The topological polar surface area (TPSA) is 115 Å². The van der Waals surface area contributed by atoms with Crippen molar-refractivity contribution < 1.29 is 10.4 Å². The third-order valence-corrected chi connectivity index (χ3v) is 6.52. The highest BCUT2D eigenvalue weighted by Gasteiger charge is 2.16. The Morgan fingerprint density at radius 3 is 2.53 bits per heavy atom. The molecule has 0 bridgehead atoms. The van der Waals surface area contributed by atoms with E-state index in [0.717, 1.165) is 31.9 Å². The Hall–Kier alpha value is -3.96. The van der Waals surface area contributed by atoms with E-state index in [9.17, 15) is 9.00 Å². The van der Waals surface area contributed by atoms with Gasteiger partial charge in [-0.05, 0) is 49.5 Å². The molecule has 1 saturated heterocycles. The molecular weight excluding hydrogens is 500 g/mol. The molecule has 2 heterocycles. The summed E-state index contributed by atoms with van der Waals surface area (Å²) in [5.41, 5.74) is 3.50. The number of hydrogen-bond donors (Lipinski definition) is 3. The maximum Gasteiger partial charge on any atom is 0.256 e. The smallest absolute Gasteiger partial charge is 0.256 e. The number of carbonyl (C=O) groups excluding carboxylic acids is 1. The van der Waals surface area contributed by atoms with Gasteiger partial charge in [0.15, 0.2) is 0 Å². The number of benzene rings is 2. The highest BCUT2D eigenvalue weighted by Crippen LogP contribution is 2.26. The number of piperazine rings is 1. The molecule has 10 nitrogen and oxygen atoms in total. The van der Waals surface area contributed by atoms with Crippen LogP contribution in [0, 0.1) is 0 Å². The second-order valence-corrected chi connectivity index (χ2v) is 11.9. The summed E-state index contributed by atoms with van der Waals surface area (Å²) in [6.07, 6.45) is 6.24. The molecular formula is C27H36N8O2S. The molecule has 1 aliphatic rings. The molecule has 11 heteroatoms. The molecule has 2 aromatic carbocycles. The highest BCUT2D eigenvalue weighted by atomic mass is 32.2. The normalized spacial score (nSPS) is 14.0. The summed E-state index contributed by atoms with van der Waals surface area (Å²) >= 11 is 0. The lowest BCUT2D eigenvalue weighted by atomic mass is 10.2. The van der Waals surface area contributed by atoms with E-state index in [1.165, 1.54) is 11.9 Å². The molecule has 202 valence electrons. The van der Waals surface area contributed by atoms with Gasteiger partial charge in [0.2, 0.25) is 5.95 Å². The summed E-state index contributed by atoms with van der Waals surface area (Å²) in [6, 6.07) is 15.3. The SMILES string of the molecule is C=CCNC(=O)c1cnc(Nc2ccc(N3CCN(C)CC3)cc2)nc1Nc1cccc(N=S(C)(C)=O)c1.[HH]. The molecule has 0 aliphatic carbocycles. The van der Waals surface area contributed by atoms with E-state index in [0.29, 0.717) is 29.7 Å². The van der Waals surface area contributed by atoms with Crippen LogP contribution in [0.2, 0.25) is 0 Å². The van der Waals surface area contributed by atoms with Crippen molar-refractivity contribution in [2.45, 2.75) is 0 Å². The third kappa shape index (κ3) is 7.53. The van der Waals surface area contributed by atoms with Gasteiger partial charge in [-0.1, -0.05) is 12.1 Å². The number of carbonyl (C=O) groups is 1. The van der Waals surface area contributed by atoms with Crippen molar-refractivity contribution in [3.63, 3.8) is 0 Å². The number of rotatable bonds is 9. The van der Waals surface area contributed by atoms with Crippen LogP contribution < -0.4 is 20.9 Å². The van der Waals surface area contributed by atoms with Gasteiger partial charge in [-0.15, -0.1) is 6.58 Å². The van der Waals surface area contributed by atoms with Gasteiger partial charge in [-0.3, -0.25) is 4.79 Å². The van der Waals surface area contributed by atoms with Crippen LogP contribution in [0.15, 0.2) is 71.7 Å². The van der Waals surface area contributed by atoms with Gasteiger partial charge in [0.25, 0.3) is 5.91 Å². The molecule has 3 N–H and O–H groups in total. The first kappa shape index (κ1) is 27.1. The molecule has 38 heavy (non-hydrogen) atoms. The van der Waals surface area contributed by atoms with E-state index < -0.39 is 9.73 Å². The van der Waals surface area contributed by atoms with E-state index in [1.807, 2.05) is 18.2 Å². The molecule has 0 radical (unpaired) electrons. The lowest BCUT2D eigenvalue weighted by Gasteiger charge is -2.34. The van der Waals surface area contributed by atoms with Gasteiger partial charge in [-0.2, -0.15) is 9.35 Å². The molecule has 0 atom stereocenters. The van der Waals surface area contributed by atoms with Crippen molar-refractivity contribution in [2.75, 3.05) is 67.8 Å². The molecule has 0 saturated carbocycles. The quantitative estimate of drug-likeness (QED) is 0.348. The number of nitrogens with zero attached hydrogens (tertiary/aromatic N) is 5. The van der Waals surface area contributed by atoms with Crippen LogP contribution in [0.3, 0.4) is 0 Å². The summed E-state index contributed by atoms with van der Waals surface area (Å²) in [4.78, 5) is 26.4. The minimum absolute atomic E-state index is 0. The van der Waals surface area contributed by atoms with Crippen LogP contribution in [0.5, 0.6) is 0 Å². The van der Waals surface area contributed by atoms with Crippen molar-refractivity contribution in [3.05, 3.63) is 72.9 Å². The lowest BCUT2D eigenvalue weighted by Crippen LogP contribution is -2.44. The summed E-state index contributed by atoms with van der Waals surface area (Å²) in [7, 11) is -0.179. The zero-order chi connectivity index (χ0) is 27.1. The van der Waals surface area contributed by atoms with Crippen LogP contribution in [0.4, 0.5) is 34.5 Å². The maximum absolute atomic E-state index is 12.8. The predicted molar refractivity (Wildman–Crippen MR) is 158 cm³/mol. The fourth-order valence-electron chi connectivity index (χ4n) is 3.94. The van der Waals surface area contributed by atoms with E-state index >= 15 is 0 Å². The van der Waals surface area contributed by atoms with Gasteiger partial charge in [0, 0.05) is 79.6 Å². The first-order chi connectivity index (χ1) is 18.2. The van der Waals surface area contributed by atoms with Crippen LogP contribution in [0.25, 0.3) is 0 Å². The zero-order valence-corrected chi connectivity index (χ0v) is 22.8. The Morgan fingerprint density at radius 1 is 1.11 bits per heavy atom. The molecule has 1 fully saturated rings. The molecule has 0 spiro atoms. The Balaban J connectivity index is 0.00000420. The molecule has 0 unspecified atom stereocenters.